The number of nitrogens with one attached hydrogen (secondary N) is 2. The number of anilines is 1. The molecule has 1 aliphatic carbocycles. The Morgan fingerprint density at radius 1 is 1.47 bits per heavy atom. The molecule has 8 nitrogen and oxygen atoms in total. The van der Waals surface area contributed by atoms with Gasteiger partial charge in [0.15, 0.2) is 0 Å². The number of rotatable bonds is 5. The van der Waals surface area contributed by atoms with E-state index < -0.39 is 17.8 Å². The lowest BCUT2D eigenvalue weighted by molar-refractivity contribution is -0.145. The molecule has 104 valence electrons. The lowest BCUT2D eigenvalue weighted by atomic mass is 9.95. The van der Waals surface area contributed by atoms with Crippen molar-refractivity contribution in [1.29, 1.82) is 0 Å². The molecule has 1 amide bonds. The highest BCUT2D eigenvalue weighted by molar-refractivity contribution is 5.94. The standard InChI is InChI=1S/C11H16N4O4/c1-2-19-11-13-10(14-15-11)12-8(16)6-4-3-5-7(6)9(17)18/h6-7H,2-5H2,1H3,(H,17,18)(H2,12,13,14,15,16)/t6-,7+/m1/s1. The molecule has 2 rings (SSSR count). The number of carbonyl (C=O) groups is 2. The third-order valence-electron chi connectivity index (χ3n) is 3.15. The van der Waals surface area contributed by atoms with Gasteiger partial charge in [-0.1, -0.05) is 6.42 Å². The number of aliphatic carboxylic acids is 1. The summed E-state index contributed by atoms with van der Waals surface area (Å²) in [4.78, 5) is 26.9. The predicted octanol–water partition coefficient (Wildman–Crippen LogP) is 0.643. The van der Waals surface area contributed by atoms with Crippen molar-refractivity contribution in [3.05, 3.63) is 0 Å². The summed E-state index contributed by atoms with van der Waals surface area (Å²) < 4.78 is 5.05. The van der Waals surface area contributed by atoms with E-state index in [-0.39, 0.29) is 17.9 Å². The Hall–Kier alpha value is -2.12. The number of carboxylic acid groups (broad SMARTS) is 1. The zero-order valence-electron chi connectivity index (χ0n) is 10.5. The topological polar surface area (TPSA) is 117 Å². The maximum absolute atomic E-state index is 12.0. The summed E-state index contributed by atoms with van der Waals surface area (Å²) in [7, 11) is 0. The summed E-state index contributed by atoms with van der Waals surface area (Å²) in [5.74, 6) is -2.23. The van der Waals surface area contributed by atoms with Gasteiger partial charge in [0.2, 0.25) is 11.9 Å². The quantitative estimate of drug-likeness (QED) is 0.721. The van der Waals surface area contributed by atoms with Gasteiger partial charge in [0, 0.05) is 0 Å². The molecule has 0 bridgehead atoms. The number of H-pyrrole nitrogens is 1. The average molecular weight is 268 g/mol. The molecular weight excluding hydrogens is 252 g/mol. The summed E-state index contributed by atoms with van der Waals surface area (Å²) in [6.07, 6.45) is 1.86. The van der Waals surface area contributed by atoms with Gasteiger partial charge in [-0.15, -0.1) is 5.10 Å². The fraction of sp³-hybridized carbons (Fsp3) is 0.636. The molecule has 1 aliphatic rings. The Balaban J connectivity index is 1.98. The molecule has 0 radical (unpaired) electrons. The van der Waals surface area contributed by atoms with Crippen LogP contribution < -0.4 is 10.1 Å². The van der Waals surface area contributed by atoms with Gasteiger partial charge < -0.3 is 9.84 Å². The Labute approximate surface area is 109 Å². The first-order valence-electron chi connectivity index (χ1n) is 6.20. The number of nitrogens with zero attached hydrogens (tertiary/aromatic N) is 2. The Morgan fingerprint density at radius 2 is 2.21 bits per heavy atom. The van der Waals surface area contributed by atoms with Gasteiger partial charge in [0.05, 0.1) is 18.4 Å². The largest absolute Gasteiger partial charge is 0.481 e. The van der Waals surface area contributed by atoms with Crippen LogP contribution in [-0.2, 0) is 9.59 Å². The molecule has 19 heavy (non-hydrogen) atoms. The van der Waals surface area contributed by atoms with Crippen LogP contribution in [0.2, 0.25) is 0 Å². The summed E-state index contributed by atoms with van der Waals surface area (Å²) in [5, 5.41) is 17.8. The van der Waals surface area contributed by atoms with Crippen molar-refractivity contribution in [2.75, 3.05) is 11.9 Å². The number of ether oxygens (including phenoxy) is 1. The number of carboxylic acids is 1. The monoisotopic (exact) mass is 268 g/mol. The second-order valence-electron chi connectivity index (χ2n) is 4.37. The first-order chi connectivity index (χ1) is 9.11. The Kier molecular flexibility index (Phi) is 3.98. The number of hydrogen-bond donors (Lipinski definition) is 3. The van der Waals surface area contributed by atoms with E-state index in [2.05, 4.69) is 20.5 Å². The molecule has 1 aromatic heterocycles. The number of hydrogen-bond acceptors (Lipinski definition) is 5. The van der Waals surface area contributed by atoms with E-state index in [0.29, 0.717) is 19.4 Å². The molecule has 1 aromatic rings. The molecule has 0 saturated heterocycles. The van der Waals surface area contributed by atoms with Crippen LogP contribution in [0.4, 0.5) is 5.95 Å². The van der Waals surface area contributed by atoms with Crippen LogP contribution in [0, 0.1) is 11.8 Å². The van der Waals surface area contributed by atoms with Crippen LogP contribution in [-0.4, -0.2) is 38.8 Å². The minimum atomic E-state index is -0.926. The van der Waals surface area contributed by atoms with E-state index in [1.54, 1.807) is 6.92 Å². The van der Waals surface area contributed by atoms with E-state index in [1.165, 1.54) is 0 Å². The molecule has 0 spiro atoms. The van der Waals surface area contributed by atoms with Crippen molar-refractivity contribution in [3.8, 4) is 6.01 Å². The molecule has 0 aliphatic heterocycles. The second kappa shape index (κ2) is 5.68. The van der Waals surface area contributed by atoms with Crippen molar-refractivity contribution < 1.29 is 19.4 Å². The third-order valence-corrected chi connectivity index (χ3v) is 3.15. The van der Waals surface area contributed by atoms with Crippen LogP contribution in [0.1, 0.15) is 26.2 Å². The smallest absolute Gasteiger partial charge is 0.337 e. The molecule has 0 aromatic carbocycles. The van der Waals surface area contributed by atoms with Crippen LogP contribution >= 0.6 is 0 Å². The predicted molar refractivity (Wildman–Crippen MR) is 64.6 cm³/mol. The van der Waals surface area contributed by atoms with Gasteiger partial charge >= 0.3 is 12.0 Å². The number of aromatic nitrogens is 3. The van der Waals surface area contributed by atoms with Gasteiger partial charge in [-0.05, 0) is 19.8 Å². The summed E-state index contributed by atoms with van der Waals surface area (Å²) >= 11 is 0. The second-order valence-corrected chi connectivity index (χ2v) is 4.37. The van der Waals surface area contributed by atoms with Crippen molar-refractivity contribution >= 4 is 17.8 Å². The summed E-state index contributed by atoms with van der Waals surface area (Å²) in [5.41, 5.74) is 0. The zero-order valence-corrected chi connectivity index (χ0v) is 10.5. The van der Waals surface area contributed by atoms with Gasteiger partial charge in [-0.3, -0.25) is 14.9 Å². The average Bonchev–Trinajstić information content (AvgIpc) is 2.98. The molecular formula is C11H16N4O4. The molecule has 3 N–H and O–H groups in total. The Morgan fingerprint density at radius 3 is 2.89 bits per heavy atom. The normalized spacial score (nSPS) is 22.2. The van der Waals surface area contributed by atoms with Gasteiger partial charge in [0.25, 0.3) is 0 Å². The molecule has 2 atom stereocenters. The van der Waals surface area contributed by atoms with Gasteiger partial charge in [-0.25, -0.2) is 5.10 Å². The van der Waals surface area contributed by atoms with Crippen molar-refractivity contribution in [2.45, 2.75) is 26.2 Å². The molecule has 8 heteroatoms. The number of aromatic amines is 1. The van der Waals surface area contributed by atoms with Crippen molar-refractivity contribution in [3.63, 3.8) is 0 Å². The third kappa shape index (κ3) is 3.01. The van der Waals surface area contributed by atoms with Crippen molar-refractivity contribution in [2.24, 2.45) is 11.8 Å². The lowest BCUT2D eigenvalue weighted by Gasteiger charge is -2.13. The first-order valence-corrected chi connectivity index (χ1v) is 6.20. The summed E-state index contributed by atoms with van der Waals surface area (Å²) in [6.45, 7) is 2.22. The fourth-order valence-electron chi connectivity index (χ4n) is 2.27. The number of amides is 1. The first kappa shape index (κ1) is 13.3. The maximum Gasteiger partial charge on any atom is 0.337 e. The van der Waals surface area contributed by atoms with Crippen LogP contribution in [0.25, 0.3) is 0 Å². The molecule has 0 unspecified atom stereocenters. The van der Waals surface area contributed by atoms with Gasteiger partial charge in [-0.2, -0.15) is 4.98 Å². The van der Waals surface area contributed by atoms with Crippen LogP contribution in [0.5, 0.6) is 6.01 Å². The van der Waals surface area contributed by atoms with Crippen molar-refractivity contribution in [1.82, 2.24) is 15.2 Å². The SMILES string of the molecule is CCOc1n[nH]c(NC(=O)[C@@H]2CCC[C@@H]2C(=O)O)n1. The Bertz CT molecular complexity index is 473. The highest BCUT2D eigenvalue weighted by atomic mass is 16.5. The lowest BCUT2D eigenvalue weighted by Crippen LogP contribution is -2.30. The van der Waals surface area contributed by atoms with Crippen LogP contribution in [0.15, 0.2) is 0 Å². The summed E-state index contributed by atoms with van der Waals surface area (Å²) in [6, 6.07) is 0.152. The van der Waals surface area contributed by atoms with E-state index >= 15 is 0 Å². The van der Waals surface area contributed by atoms with Gasteiger partial charge in [0.1, 0.15) is 0 Å². The minimum absolute atomic E-state index is 0.152. The van der Waals surface area contributed by atoms with E-state index in [0.717, 1.165) is 6.42 Å². The van der Waals surface area contributed by atoms with Crippen LogP contribution in [0.3, 0.4) is 0 Å². The highest BCUT2D eigenvalue weighted by Crippen LogP contribution is 2.32. The molecule has 1 saturated carbocycles. The zero-order chi connectivity index (χ0) is 13.8. The number of carbonyl (C=O) groups excluding carboxylic acids is 1. The van der Waals surface area contributed by atoms with E-state index in [4.69, 9.17) is 9.84 Å². The van der Waals surface area contributed by atoms with E-state index in [1.807, 2.05) is 0 Å². The highest BCUT2D eigenvalue weighted by Gasteiger charge is 2.38. The van der Waals surface area contributed by atoms with E-state index in [9.17, 15) is 9.59 Å². The molecule has 1 fully saturated rings. The minimum Gasteiger partial charge on any atom is -0.481 e. The molecule has 1 heterocycles. The fourth-order valence-corrected chi connectivity index (χ4v) is 2.27. The maximum atomic E-state index is 12.0.